The van der Waals surface area contributed by atoms with E-state index in [1.54, 1.807) is 5.01 Å². The number of aliphatic carboxylic acids is 1. The highest BCUT2D eigenvalue weighted by Crippen LogP contribution is 2.14. The van der Waals surface area contributed by atoms with Gasteiger partial charge in [0.15, 0.2) is 0 Å². The second-order valence-corrected chi connectivity index (χ2v) is 4.83. The molecule has 122 valence electrons. The van der Waals surface area contributed by atoms with E-state index in [-0.39, 0.29) is 13.0 Å². The third kappa shape index (κ3) is 6.60. The summed E-state index contributed by atoms with van der Waals surface area (Å²) >= 11 is 0. The van der Waals surface area contributed by atoms with Crippen molar-refractivity contribution in [3.8, 4) is 0 Å². The molecule has 1 rings (SSSR count). The van der Waals surface area contributed by atoms with Gasteiger partial charge in [0.2, 0.25) is 0 Å². The zero-order valence-electron chi connectivity index (χ0n) is 13.2. The van der Waals surface area contributed by atoms with E-state index in [0.717, 1.165) is 29.8 Å². The quantitative estimate of drug-likeness (QED) is 0.344. The molecule has 0 saturated carbocycles. The normalized spacial score (nSPS) is 11.3. The number of carboxylic acids is 1. The number of hydrogen-bond acceptors (Lipinski definition) is 5. The first kappa shape index (κ1) is 18.0. The molecular weight excluding hydrogens is 282 g/mol. The summed E-state index contributed by atoms with van der Waals surface area (Å²) in [4.78, 5) is 10.4. The van der Waals surface area contributed by atoms with Crippen LogP contribution in [0.1, 0.15) is 24.5 Å². The molecule has 0 aliphatic heterocycles. The standard InChI is InChI=1S/C16H25N3O3/c1-3-19(17)12-15(18-2)14-6-4-5-13(11-14)7-9-22-10-8-16(20)21/h4-6,11-12,18H,3,7-10,17H2,1-2H3,(H,20,21)/b15-12-. The molecule has 0 spiro atoms. The number of rotatable bonds is 10. The van der Waals surface area contributed by atoms with E-state index in [9.17, 15) is 4.79 Å². The first-order valence-electron chi connectivity index (χ1n) is 7.36. The highest BCUT2D eigenvalue weighted by molar-refractivity contribution is 5.66. The maximum atomic E-state index is 10.4. The van der Waals surface area contributed by atoms with Crippen LogP contribution in [0.3, 0.4) is 0 Å². The number of nitrogens with two attached hydrogens (primary N) is 1. The molecular formula is C16H25N3O3. The minimum atomic E-state index is -0.840. The van der Waals surface area contributed by atoms with Gasteiger partial charge >= 0.3 is 5.97 Å². The molecule has 0 fully saturated rings. The summed E-state index contributed by atoms with van der Waals surface area (Å²) in [6.07, 6.45) is 2.64. The minimum Gasteiger partial charge on any atom is -0.481 e. The van der Waals surface area contributed by atoms with Crippen LogP contribution in [0.25, 0.3) is 5.70 Å². The largest absolute Gasteiger partial charge is 0.481 e. The van der Waals surface area contributed by atoms with E-state index in [2.05, 4.69) is 11.4 Å². The van der Waals surface area contributed by atoms with E-state index in [1.165, 1.54) is 0 Å². The molecule has 6 nitrogen and oxygen atoms in total. The van der Waals surface area contributed by atoms with Crippen LogP contribution in [0.2, 0.25) is 0 Å². The van der Waals surface area contributed by atoms with Gasteiger partial charge in [-0.1, -0.05) is 18.2 Å². The fourth-order valence-electron chi connectivity index (χ4n) is 1.89. The Morgan fingerprint density at radius 3 is 2.86 bits per heavy atom. The predicted octanol–water partition coefficient (Wildman–Crippen LogP) is 1.43. The Morgan fingerprint density at radius 1 is 1.45 bits per heavy atom. The zero-order valence-corrected chi connectivity index (χ0v) is 13.2. The maximum absolute atomic E-state index is 10.4. The maximum Gasteiger partial charge on any atom is 0.305 e. The van der Waals surface area contributed by atoms with Crippen molar-refractivity contribution in [2.45, 2.75) is 19.8 Å². The number of nitrogens with one attached hydrogen (secondary N) is 1. The monoisotopic (exact) mass is 307 g/mol. The van der Waals surface area contributed by atoms with Gasteiger partial charge in [0, 0.05) is 19.8 Å². The molecule has 0 aliphatic rings. The highest BCUT2D eigenvalue weighted by Gasteiger charge is 2.03. The molecule has 1 aromatic carbocycles. The van der Waals surface area contributed by atoms with E-state index in [1.807, 2.05) is 38.4 Å². The molecule has 0 radical (unpaired) electrons. The number of carboxylic acid groups (broad SMARTS) is 1. The van der Waals surface area contributed by atoms with E-state index >= 15 is 0 Å². The summed E-state index contributed by atoms with van der Waals surface area (Å²) in [6.45, 7) is 3.46. The first-order chi connectivity index (χ1) is 10.6. The van der Waals surface area contributed by atoms with Crippen LogP contribution in [-0.4, -0.2) is 42.9 Å². The van der Waals surface area contributed by atoms with Gasteiger partial charge in [-0.15, -0.1) is 0 Å². The summed E-state index contributed by atoms with van der Waals surface area (Å²) in [5.41, 5.74) is 3.13. The van der Waals surface area contributed by atoms with E-state index in [0.29, 0.717) is 6.61 Å². The van der Waals surface area contributed by atoms with Crippen molar-refractivity contribution in [2.75, 3.05) is 26.8 Å². The van der Waals surface area contributed by atoms with Crippen LogP contribution in [0.15, 0.2) is 30.5 Å². The molecule has 1 aromatic rings. The Balaban J connectivity index is 2.61. The fourth-order valence-corrected chi connectivity index (χ4v) is 1.89. The lowest BCUT2D eigenvalue weighted by Gasteiger charge is -2.15. The number of ether oxygens (including phenoxy) is 1. The second kappa shape index (κ2) is 9.81. The van der Waals surface area contributed by atoms with Gasteiger partial charge in [-0.25, -0.2) is 5.84 Å². The molecule has 0 bridgehead atoms. The van der Waals surface area contributed by atoms with Gasteiger partial charge in [0.1, 0.15) is 0 Å². The number of hydrazine groups is 1. The Labute approximate surface area is 131 Å². The Hall–Kier alpha value is -2.05. The van der Waals surface area contributed by atoms with Gasteiger partial charge in [0.25, 0.3) is 0 Å². The highest BCUT2D eigenvalue weighted by atomic mass is 16.5. The summed E-state index contributed by atoms with van der Waals surface area (Å²) in [5.74, 6) is 4.97. The van der Waals surface area contributed by atoms with Gasteiger partial charge < -0.3 is 20.2 Å². The van der Waals surface area contributed by atoms with Crippen molar-refractivity contribution < 1.29 is 14.6 Å². The van der Waals surface area contributed by atoms with Crippen molar-refractivity contribution in [3.05, 3.63) is 41.6 Å². The van der Waals surface area contributed by atoms with Crippen molar-refractivity contribution in [2.24, 2.45) is 5.84 Å². The molecule has 4 N–H and O–H groups in total. The third-order valence-electron chi connectivity index (χ3n) is 3.16. The Morgan fingerprint density at radius 2 is 2.23 bits per heavy atom. The average molecular weight is 307 g/mol. The van der Waals surface area contributed by atoms with Crippen LogP contribution >= 0.6 is 0 Å². The fraction of sp³-hybridized carbons (Fsp3) is 0.438. The number of hydrogen-bond donors (Lipinski definition) is 3. The number of nitrogens with zero attached hydrogens (tertiary/aromatic N) is 1. The summed E-state index contributed by atoms with van der Waals surface area (Å²) in [6, 6.07) is 8.10. The lowest BCUT2D eigenvalue weighted by Crippen LogP contribution is -2.26. The predicted molar refractivity (Wildman–Crippen MR) is 86.8 cm³/mol. The van der Waals surface area contributed by atoms with E-state index in [4.69, 9.17) is 15.7 Å². The molecule has 0 aliphatic carbocycles. The zero-order chi connectivity index (χ0) is 16.4. The molecule has 22 heavy (non-hydrogen) atoms. The van der Waals surface area contributed by atoms with Crippen molar-refractivity contribution >= 4 is 11.7 Å². The molecule has 0 aromatic heterocycles. The summed E-state index contributed by atoms with van der Waals surface area (Å²) < 4.78 is 5.32. The molecule has 0 amide bonds. The van der Waals surface area contributed by atoms with Crippen molar-refractivity contribution in [3.63, 3.8) is 0 Å². The molecule has 0 saturated heterocycles. The van der Waals surface area contributed by atoms with Crippen molar-refractivity contribution in [1.29, 1.82) is 0 Å². The number of carbonyl (C=O) groups is 1. The molecule has 0 unspecified atom stereocenters. The Kier molecular flexibility index (Phi) is 8.03. The van der Waals surface area contributed by atoms with Crippen LogP contribution in [0.5, 0.6) is 0 Å². The molecule has 6 heteroatoms. The SMILES string of the molecule is CCN(N)/C=C(\NC)c1cccc(CCOCCC(=O)O)c1. The Bertz CT molecular complexity index is 503. The van der Waals surface area contributed by atoms with Gasteiger partial charge in [-0.2, -0.15) is 0 Å². The van der Waals surface area contributed by atoms with Crippen LogP contribution in [0, 0.1) is 0 Å². The summed E-state index contributed by atoms with van der Waals surface area (Å²) in [7, 11) is 1.86. The number of benzene rings is 1. The topological polar surface area (TPSA) is 87.8 Å². The smallest absolute Gasteiger partial charge is 0.305 e. The lowest BCUT2D eigenvalue weighted by atomic mass is 10.1. The van der Waals surface area contributed by atoms with Crippen LogP contribution < -0.4 is 11.2 Å². The van der Waals surface area contributed by atoms with Crippen LogP contribution in [0.4, 0.5) is 0 Å². The second-order valence-electron chi connectivity index (χ2n) is 4.83. The van der Waals surface area contributed by atoms with Crippen LogP contribution in [-0.2, 0) is 16.0 Å². The van der Waals surface area contributed by atoms with Crippen molar-refractivity contribution in [1.82, 2.24) is 10.3 Å². The lowest BCUT2D eigenvalue weighted by molar-refractivity contribution is -0.138. The third-order valence-corrected chi connectivity index (χ3v) is 3.16. The van der Waals surface area contributed by atoms with E-state index < -0.39 is 5.97 Å². The molecule has 0 atom stereocenters. The minimum absolute atomic E-state index is 0.0377. The van der Waals surface area contributed by atoms with Gasteiger partial charge in [-0.3, -0.25) is 4.79 Å². The first-order valence-corrected chi connectivity index (χ1v) is 7.36. The summed E-state index contributed by atoms with van der Waals surface area (Å²) in [5, 5.41) is 13.3. The average Bonchev–Trinajstić information content (AvgIpc) is 2.52. The van der Waals surface area contributed by atoms with Gasteiger partial charge in [-0.05, 0) is 30.5 Å². The van der Waals surface area contributed by atoms with Gasteiger partial charge in [0.05, 0.1) is 25.3 Å². The molecule has 0 heterocycles.